The number of rotatable bonds is 12. The lowest BCUT2D eigenvalue weighted by Crippen LogP contribution is -2.56. The zero-order valence-corrected chi connectivity index (χ0v) is 25.8. The number of amides is 5. The molecule has 44 heavy (non-hydrogen) atoms. The molecule has 5 amide bonds. The molecule has 4 saturated carbocycles. The molecule has 0 aromatic heterocycles. The first-order valence-electron chi connectivity index (χ1n) is 16.5. The zero-order chi connectivity index (χ0) is 31.3. The van der Waals surface area contributed by atoms with Gasteiger partial charge < -0.3 is 20.9 Å². The summed E-state index contributed by atoms with van der Waals surface area (Å²) in [5.74, 6) is 0.501. The minimum Gasteiger partial charge on any atom is -0.356 e. The highest BCUT2D eigenvalue weighted by Gasteiger charge is 2.53. The number of benzene rings is 1. The maximum atomic E-state index is 15.1. The predicted molar refractivity (Wildman–Crippen MR) is 163 cm³/mol. The third-order valence-corrected chi connectivity index (χ3v) is 10.6. The molecule has 0 radical (unpaired) electrons. The molecular formula is C33H48FN5O5. The average molecular weight is 614 g/mol. The van der Waals surface area contributed by atoms with Crippen LogP contribution in [-0.2, 0) is 9.59 Å². The van der Waals surface area contributed by atoms with Crippen molar-refractivity contribution in [2.24, 2.45) is 29.1 Å². The van der Waals surface area contributed by atoms with Gasteiger partial charge in [0.2, 0.25) is 11.8 Å². The van der Waals surface area contributed by atoms with E-state index in [4.69, 9.17) is 5.21 Å². The maximum absolute atomic E-state index is 15.1. The normalized spacial score (nSPS) is 27.8. The predicted octanol–water partition coefficient (Wildman–Crippen LogP) is 4.98. The van der Waals surface area contributed by atoms with Crippen LogP contribution in [0.5, 0.6) is 0 Å². The van der Waals surface area contributed by atoms with Gasteiger partial charge in [-0.25, -0.2) is 14.7 Å². The highest BCUT2D eigenvalue weighted by Crippen LogP contribution is 2.61. The van der Waals surface area contributed by atoms with Crippen molar-refractivity contribution >= 4 is 29.4 Å². The Kier molecular flexibility index (Phi) is 10.4. The van der Waals surface area contributed by atoms with Crippen molar-refractivity contribution in [3.05, 3.63) is 29.6 Å². The van der Waals surface area contributed by atoms with Crippen molar-refractivity contribution < 1.29 is 28.8 Å². The summed E-state index contributed by atoms with van der Waals surface area (Å²) in [6.07, 6.45) is 12.3. The smallest absolute Gasteiger partial charge is 0.319 e. The SMILES string of the molecule is CC(NC(=O)Nc1ccc(C(=O)N2CCC[C@H](C(=O)NCCCCCCC(=O)NO)C2)cc1F)C12CC3CC(CC(C3)C1)C2. The van der Waals surface area contributed by atoms with Gasteiger partial charge in [0.25, 0.3) is 5.91 Å². The molecule has 1 saturated heterocycles. The molecule has 4 aliphatic carbocycles. The number of hydroxylamine groups is 1. The third-order valence-electron chi connectivity index (χ3n) is 10.6. The molecule has 1 heterocycles. The van der Waals surface area contributed by atoms with Crippen LogP contribution in [0.3, 0.4) is 0 Å². The lowest BCUT2D eigenvalue weighted by molar-refractivity contribution is -0.129. The van der Waals surface area contributed by atoms with Crippen LogP contribution in [0.2, 0.25) is 0 Å². The molecule has 1 aromatic rings. The van der Waals surface area contributed by atoms with Gasteiger partial charge in [-0.2, -0.15) is 0 Å². The van der Waals surface area contributed by atoms with E-state index < -0.39 is 17.8 Å². The molecule has 6 rings (SSSR count). The number of carbonyl (C=O) groups excluding carboxylic acids is 4. The van der Waals surface area contributed by atoms with Crippen molar-refractivity contribution in [1.82, 2.24) is 21.0 Å². The minimum atomic E-state index is -0.670. The van der Waals surface area contributed by atoms with E-state index in [1.54, 1.807) is 10.4 Å². The number of hydrogen-bond donors (Lipinski definition) is 5. The Bertz CT molecular complexity index is 1190. The summed E-state index contributed by atoms with van der Waals surface area (Å²) >= 11 is 0. The fourth-order valence-corrected chi connectivity index (χ4v) is 8.70. The van der Waals surface area contributed by atoms with Crippen LogP contribution in [0.25, 0.3) is 0 Å². The number of likely N-dealkylation sites (tertiary alicyclic amines) is 1. The molecule has 2 atom stereocenters. The van der Waals surface area contributed by atoms with Crippen molar-refractivity contribution in [1.29, 1.82) is 0 Å². The highest BCUT2D eigenvalue weighted by atomic mass is 19.1. The molecule has 1 aliphatic heterocycles. The molecule has 1 aromatic carbocycles. The zero-order valence-electron chi connectivity index (χ0n) is 25.8. The van der Waals surface area contributed by atoms with Crippen LogP contribution in [0.1, 0.15) is 101 Å². The molecule has 5 aliphatic rings. The molecule has 4 bridgehead atoms. The first-order valence-corrected chi connectivity index (χ1v) is 16.5. The Labute approximate surface area is 259 Å². The Hall–Kier alpha value is -3.21. The fourth-order valence-electron chi connectivity index (χ4n) is 8.70. The van der Waals surface area contributed by atoms with Crippen LogP contribution < -0.4 is 21.4 Å². The molecule has 10 nitrogen and oxygen atoms in total. The van der Waals surface area contributed by atoms with E-state index in [1.807, 2.05) is 0 Å². The third kappa shape index (κ3) is 7.71. The molecular weight excluding hydrogens is 565 g/mol. The Balaban J connectivity index is 1.06. The monoisotopic (exact) mass is 613 g/mol. The first-order chi connectivity index (χ1) is 21.2. The average Bonchev–Trinajstić information content (AvgIpc) is 3.00. The van der Waals surface area contributed by atoms with E-state index in [2.05, 4.69) is 22.9 Å². The number of anilines is 1. The van der Waals surface area contributed by atoms with Crippen LogP contribution in [-0.4, -0.2) is 59.5 Å². The summed E-state index contributed by atoms with van der Waals surface area (Å²) in [5.41, 5.74) is 1.98. The van der Waals surface area contributed by atoms with E-state index in [0.29, 0.717) is 32.4 Å². The van der Waals surface area contributed by atoms with Gasteiger partial charge in [0.05, 0.1) is 11.6 Å². The van der Waals surface area contributed by atoms with Crippen molar-refractivity contribution in [2.75, 3.05) is 25.0 Å². The van der Waals surface area contributed by atoms with Crippen LogP contribution in [0, 0.1) is 34.9 Å². The lowest BCUT2D eigenvalue weighted by atomic mass is 9.48. The van der Waals surface area contributed by atoms with E-state index in [9.17, 15) is 19.2 Å². The van der Waals surface area contributed by atoms with Crippen LogP contribution >= 0.6 is 0 Å². The number of urea groups is 1. The standard InChI is InChI=1S/C33H48FN5O5/c1-21(33-17-22-13-23(18-33)15-24(14-22)19-33)36-32(43)37-28-10-9-25(16-27(28)34)31(42)39-12-6-7-26(20-39)30(41)35-11-5-3-2-4-8-29(40)38-44/h9-10,16,21-24,26,44H,2-8,11-15,17-20H2,1H3,(H,35,41)(H,38,40)(H2,36,37,43)/t21?,22?,23?,24?,26-,33?/m0/s1. The minimum absolute atomic E-state index is 0.0103. The molecule has 5 N–H and O–H groups in total. The fraction of sp³-hybridized carbons (Fsp3) is 0.697. The quantitative estimate of drug-likeness (QED) is 0.129. The molecule has 1 unspecified atom stereocenters. The maximum Gasteiger partial charge on any atom is 0.319 e. The van der Waals surface area contributed by atoms with Gasteiger partial charge in [-0.15, -0.1) is 0 Å². The molecule has 0 spiro atoms. The Morgan fingerprint density at radius 3 is 2.36 bits per heavy atom. The number of carbonyl (C=O) groups is 4. The summed E-state index contributed by atoms with van der Waals surface area (Å²) in [5, 5.41) is 17.2. The van der Waals surface area contributed by atoms with Gasteiger partial charge in [0, 0.05) is 37.7 Å². The summed E-state index contributed by atoms with van der Waals surface area (Å²) in [7, 11) is 0. The second-order valence-electron chi connectivity index (χ2n) is 13.9. The van der Waals surface area contributed by atoms with Crippen molar-refractivity contribution in [3.63, 3.8) is 0 Å². The number of piperidine rings is 1. The topological polar surface area (TPSA) is 140 Å². The second kappa shape index (κ2) is 14.3. The van der Waals surface area contributed by atoms with E-state index in [1.165, 1.54) is 50.7 Å². The van der Waals surface area contributed by atoms with Gasteiger partial charge >= 0.3 is 6.03 Å². The summed E-state index contributed by atoms with van der Waals surface area (Å²) < 4.78 is 15.1. The lowest BCUT2D eigenvalue weighted by Gasteiger charge is -2.59. The number of halogens is 1. The number of nitrogens with one attached hydrogen (secondary N) is 4. The van der Waals surface area contributed by atoms with Gasteiger partial charge in [-0.05, 0) is 112 Å². The van der Waals surface area contributed by atoms with E-state index in [0.717, 1.165) is 43.1 Å². The summed E-state index contributed by atoms with van der Waals surface area (Å²) in [4.78, 5) is 51.5. The van der Waals surface area contributed by atoms with Gasteiger partial charge in [0.15, 0.2) is 0 Å². The van der Waals surface area contributed by atoms with Crippen LogP contribution in [0.15, 0.2) is 18.2 Å². The molecule has 242 valence electrons. The Morgan fingerprint density at radius 2 is 1.70 bits per heavy atom. The summed E-state index contributed by atoms with van der Waals surface area (Å²) in [6, 6.07) is 3.70. The van der Waals surface area contributed by atoms with Crippen molar-refractivity contribution in [2.45, 2.75) is 96.4 Å². The second-order valence-corrected chi connectivity index (χ2v) is 13.9. The summed E-state index contributed by atoms with van der Waals surface area (Å²) in [6.45, 7) is 3.37. The molecule has 5 fully saturated rings. The highest BCUT2D eigenvalue weighted by molar-refractivity contribution is 5.96. The number of hydrogen-bond acceptors (Lipinski definition) is 5. The molecule has 11 heteroatoms. The van der Waals surface area contributed by atoms with E-state index >= 15 is 4.39 Å². The first kappa shape index (κ1) is 32.2. The van der Waals surface area contributed by atoms with Gasteiger partial charge in [-0.3, -0.25) is 19.6 Å². The number of unbranched alkanes of at least 4 members (excludes halogenated alkanes) is 3. The van der Waals surface area contributed by atoms with Gasteiger partial charge in [0.1, 0.15) is 5.82 Å². The van der Waals surface area contributed by atoms with E-state index in [-0.39, 0.29) is 53.4 Å². The van der Waals surface area contributed by atoms with Crippen LogP contribution in [0.4, 0.5) is 14.9 Å². The van der Waals surface area contributed by atoms with Crippen molar-refractivity contribution in [3.8, 4) is 0 Å². The Morgan fingerprint density at radius 1 is 1.02 bits per heavy atom. The van der Waals surface area contributed by atoms with Gasteiger partial charge in [-0.1, -0.05) is 12.8 Å². The number of nitrogens with zero attached hydrogens (tertiary/aromatic N) is 1. The largest absolute Gasteiger partial charge is 0.356 e.